The van der Waals surface area contributed by atoms with E-state index in [1.165, 1.54) is 12.8 Å². The summed E-state index contributed by atoms with van der Waals surface area (Å²) in [5.41, 5.74) is 0.944. The number of anilines is 1. The van der Waals surface area contributed by atoms with Gasteiger partial charge >= 0.3 is 0 Å². The Labute approximate surface area is 109 Å². The molecule has 3 nitrogen and oxygen atoms in total. The highest BCUT2D eigenvalue weighted by molar-refractivity contribution is 5.46. The van der Waals surface area contributed by atoms with E-state index >= 15 is 0 Å². The van der Waals surface area contributed by atoms with Gasteiger partial charge in [-0.2, -0.15) is 0 Å². The maximum atomic E-state index is 9.83. The number of aliphatic hydroxyl groups is 1. The van der Waals surface area contributed by atoms with E-state index in [1.54, 1.807) is 0 Å². The van der Waals surface area contributed by atoms with Crippen LogP contribution in [0.5, 0.6) is 0 Å². The summed E-state index contributed by atoms with van der Waals surface area (Å²) in [6.07, 6.45) is 3.68. The van der Waals surface area contributed by atoms with E-state index in [9.17, 15) is 5.11 Å². The van der Waals surface area contributed by atoms with E-state index in [-0.39, 0.29) is 12.1 Å². The molecule has 1 saturated carbocycles. The third kappa shape index (κ3) is 2.25. The second kappa shape index (κ2) is 4.56. The summed E-state index contributed by atoms with van der Waals surface area (Å²) in [7, 11) is 0. The van der Waals surface area contributed by atoms with Crippen LogP contribution < -0.4 is 5.32 Å². The minimum atomic E-state index is -0.163. The summed E-state index contributed by atoms with van der Waals surface area (Å²) in [6.45, 7) is 3.45. The van der Waals surface area contributed by atoms with Gasteiger partial charge in [0.25, 0.3) is 0 Å². The van der Waals surface area contributed by atoms with Gasteiger partial charge in [0.1, 0.15) is 0 Å². The van der Waals surface area contributed by atoms with Gasteiger partial charge in [-0.1, -0.05) is 18.2 Å². The number of hydrogen-bond acceptors (Lipinski definition) is 3. The molecule has 2 N–H and O–H groups in total. The molecule has 2 atom stereocenters. The van der Waals surface area contributed by atoms with Crippen molar-refractivity contribution in [3.05, 3.63) is 30.3 Å². The third-order valence-electron chi connectivity index (χ3n) is 4.24. The monoisotopic (exact) mass is 246 g/mol. The van der Waals surface area contributed by atoms with E-state index in [0.29, 0.717) is 6.04 Å². The topological polar surface area (TPSA) is 35.5 Å². The van der Waals surface area contributed by atoms with Crippen molar-refractivity contribution in [2.24, 2.45) is 0 Å². The van der Waals surface area contributed by atoms with Gasteiger partial charge in [0.05, 0.1) is 12.1 Å². The fourth-order valence-electron chi connectivity index (χ4n) is 3.22. The van der Waals surface area contributed by atoms with Crippen molar-refractivity contribution in [3.8, 4) is 0 Å². The molecular formula is C15H22N2O. The smallest absolute Gasteiger partial charge is 0.0745 e. The molecule has 1 saturated heterocycles. The molecule has 0 spiro atoms. The van der Waals surface area contributed by atoms with Crippen molar-refractivity contribution in [2.45, 2.75) is 43.8 Å². The molecule has 2 aliphatic rings. The van der Waals surface area contributed by atoms with Crippen LogP contribution in [0, 0.1) is 0 Å². The minimum absolute atomic E-state index is 0.163. The molecule has 0 bridgehead atoms. The summed E-state index contributed by atoms with van der Waals surface area (Å²) in [5, 5.41) is 13.4. The summed E-state index contributed by atoms with van der Waals surface area (Å²) < 4.78 is 0. The normalized spacial score (nSPS) is 32.7. The van der Waals surface area contributed by atoms with Crippen LogP contribution in [0.1, 0.15) is 26.2 Å². The van der Waals surface area contributed by atoms with Crippen molar-refractivity contribution >= 4 is 5.69 Å². The number of para-hydroxylation sites is 1. The molecule has 0 amide bonds. The highest BCUT2D eigenvalue weighted by atomic mass is 16.3. The Bertz CT molecular complexity index is 404. The Balaban J connectivity index is 1.75. The molecule has 0 aromatic heterocycles. The number of nitrogens with zero attached hydrogens (tertiary/aromatic N) is 1. The van der Waals surface area contributed by atoms with Gasteiger partial charge in [-0.25, -0.2) is 0 Å². The highest BCUT2D eigenvalue weighted by Crippen LogP contribution is 2.38. The zero-order valence-corrected chi connectivity index (χ0v) is 11.0. The summed E-state index contributed by atoms with van der Waals surface area (Å²) in [5.74, 6) is 0. The SMILES string of the molecule is CC1CC(CO)(Nc2ccccc2)CN1C1CC1. The van der Waals surface area contributed by atoms with Crippen LogP contribution in [-0.4, -0.2) is 40.8 Å². The molecule has 1 heterocycles. The Hall–Kier alpha value is -1.06. The van der Waals surface area contributed by atoms with E-state index in [2.05, 4.69) is 29.3 Å². The standard InChI is InChI=1S/C15H22N2O/c1-12-9-15(11-18,10-17(12)14-7-8-14)16-13-5-3-2-4-6-13/h2-6,12,14,16,18H,7-11H2,1H3. The molecule has 98 valence electrons. The van der Waals surface area contributed by atoms with Gasteiger partial charge in [-0.05, 0) is 38.3 Å². The van der Waals surface area contributed by atoms with Gasteiger partial charge in [0.15, 0.2) is 0 Å². The maximum absolute atomic E-state index is 9.83. The van der Waals surface area contributed by atoms with Gasteiger partial charge in [-0.15, -0.1) is 0 Å². The fraction of sp³-hybridized carbons (Fsp3) is 0.600. The highest BCUT2D eigenvalue weighted by Gasteiger charge is 2.46. The van der Waals surface area contributed by atoms with Crippen molar-refractivity contribution in [2.75, 3.05) is 18.5 Å². The van der Waals surface area contributed by atoms with Crippen LogP contribution in [0.25, 0.3) is 0 Å². The van der Waals surface area contributed by atoms with E-state index in [1.807, 2.05) is 18.2 Å². The molecular weight excluding hydrogens is 224 g/mol. The van der Waals surface area contributed by atoms with Gasteiger partial charge < -0.3 is 10.4 Å². The number of rotatable bonds is 4. The van der Waals surface area contributed by atoms with Crippen LogP contribution in [0.15, 0.2) is 30.3 Å². The Kier molecular flexibility index (Phi) is 3.04. The van der Waals surface area contributed by atoms with Gasteiger partial charge in [0, 0.05) is 24.3 Å². The average molecular weight is 246 g/mol. The maximum Gasteiger partial charge on any atom is 0.0745 e. The summed E-state index contributed by atoms with van der Waals surface area (Å²) in [6, 6.07) is 11.6. The minimum Gasteiger partial charge on any atom is -0.394 e. The van der Waals surface area contributed by atoms with Gasteiger partial charge in [-0.3, -0.25) is 4.90 Å². The van der Waals surface area contributed by atoms with E-state index in [4.69, 9.17) is 0 Å². The Morgan fingerprint density at radius 3 is 2.67 bits per heavy atom. The molecule has 3 rings (SSSR count). The second-order valence-corrected chi connectivity index (χ2v) is 5.89. The number of likely N-dealkylation sites (tertiary alicyclic amines) is 1. The molecule has 3 heteroatoms. The predicted octanol–water partition coefficient (Wildman–Crippen LogP) is 2.09. The first-order valence-corrected chi connectivity index (χ1v) is 6.92. The fourth-order valence-corrected chi connectivity index (χ4v) is 3.22. The molecule has 18 heavy (non-hydrogen) atoms. The first kappa shape index (κ1) is 12.0. The van der Waals surface area contributed by atoms with Crippen LogP contribution >= 0.6 is 0 Å². The molecule has 1 aromatic rings. The van der Waals surface area contributed by atoms with Crippen LogP contribution in [0.3, 0.4) is 0 Å². The van der Waals surface area contributed by atoms with E-state index in [0.717, 1.165) is 24.7 Å². The molecule has 2 unspecified atom stereocenters. The number of aliphatic hydroxyl groups excluding tert-OH is 1. The zero-order valence-electron chi connectivity index (χ0n) is 11.0. The number of nitrogens with one attached hydrogen (secondary N) is 1. The van der Waals surface area contributed by atoms with Crippen molar-refractivity contribution in [3.63, 3.8) is 0 Å². The van der Waals surface area contributed by atoms with Crippen molar-refractivity contribution in [1.82, 2.24) is 4.90 Å². The largest absolute Gasteiger partial charge is 0.394 e. The number of benzene rings is 1. The lowest BCUT2D eigenvalue weighted by molar-refractivity contribution is 0.201. The Morgan fingerprint density at radius 2 is 2.06 bits per heavy atom. The lowest BCUT2D eigenvalue weighted by atomic mass is 9.97. The molecule has 1 aliphatic carbocycles. The van der Waals surface area contributed by atoms with E-state index < -0.39 is 0 Å². The molecule has 1 aliphatic heterocycles. The Morgan fingerprint density at radius 1 is 1.33 bits per heavy atom. The zero-order chi connectivity index (χ0) is 12.6. The van der Waals surface area contributed by atoms with Crippen LogP contribution in [0.4, 0.5) is 5.69 Å². The van der Waals surface area contributed by atoms with Crippen molar-refractivity contribution < 1.29 is 5.11 Å². The van der Waals surface area contributed by atoms with Crippen LogP contribution in [0.2, 0.25) is 0 Å². The summed E-state index contributed by atoms with van der Waals surface area (Å²) >= 11 is 0. The molecule has 1 aromatic carbocycles. The van der Waals surface area contributed by atoms with Crippen molar-refractivity contribution in [1.29, 1.82) is 0 Å². The molecule has 0 radical (unpaired) electrons. The van der Waals surface area contributed by atoms with Crippen LogP contribution in [-0.2, 0) is 0 Å². The van der Waals surface area contributed by atoms with Gasteiger partial charge in [0.2, 0.25) is 0 Å². The summed E-state index contributed by atoms with van der Waals surface area (Å²) in [4.78, 5) is 2.56. The average Bonchev–Trinajstić information content (AvgIpc) is 3.17. The first-order valence-electron chi connectivity index (χ1n) is 6.92. The quantitative estimate of drug-likeness (QED) is 0.854. The lowest BCUT2D eigenvalue weighted by Gasteiger charge is -2.30. The third-order valence-corrected chi connectivity index (χ3v) is 4.24. The lowest BCUT2D eigenvalue weighted by Crippen LogP contribution is -2.45. The number of hydrogen-bond donors (Lipinski definition) is 2. The predicted molar refractivity (Wildman–Crippen MR) is 73.7 cm³/mol. The second-order valence-electron chi connectivity index (χ2n) is 5.89. The molecule has 2 fully saturated rings. The first-order chi connectivity index (χ1) is 8.72.